The molecule has 2 unspecified atom stereocenters. The Morgan fingerprint density at radius 2 is 2.00 bits per heavy atom. The van der Waals surface area contributed by atoms with Crippen molar-refractivity contribution in [2.45, 2.75) is 25.3 Å². The van der Waals surface area contributed by atoms with Gasteiger partial charge in [0.05, 0.1) is 0 Å². The molecule has 114 valence electrons. The molecule has 1 aliphatic carbocycles. The molecule has 1 saturated carbocycles. The van der Waals surface area contributed by atoms with E-state index >= 15 is 0 Å². The second kappa shape index (κ2) is 6.72. The normalized spacial score (nSPS) is 21.1. The van der Waals surface area contributed by atoms with Crippen molar-refractivity contribution in [2.75, 3.05) is 20.6 Å². The third-order valence-corrected chi connectivity index (χ3v) is 4.06. The molecule has 21 heavy (non-hydrogen) atoms. The lowest BCUT2D eigenvalue weighted by Gasteiger charge is -2.19. The molecular weight excluding hydrogens is 266 g/mol. The van der Waals surface area contributed by atoms with E-state index in [1.54, 1.807) is 38.4 Å². The number of hydrogen-bond donors (Lipinski definition) is 2. The number of carbonyl (C=O) groups excluding carboxylic acids is 2. The van der Waals surface area contributed by atoms with Gasteiger partial charge in [-0.1, -0.05) is 12.5 Å². The van der Waals surface area contributed by atoms with E-state index in [9.17, 15) is 9.59 Å². The van der Waals surface area contributed by atoms with Gasteiger partial charge in [0.1, 0.15) is 0 Å². The van der Waals surface area contributed by atoms with Crippen molar-refractivity contribution < 1.29 is 9.59 Å². The van der Waals surface area contributed by atoms with Crippen molar-refractivity contribution in [3.63, 3.8) is 0 Å². The number of amides is 2. The van der Waals surface area contributed by atoms with E-state index < -0.39 is 0 Å². The largest absolute Gasteiger partial charge is 0.349 e. The Labute approximate surface area is 125 Å². The summed E-state index contributed by atoms with van der Waals surface area (Å²) in [7, 11) is 3.39. The van der Waals surface area contributed by atoms with Gasteiger partial charge in [0.25, 0.3) is 11.8 Å². The average Bonchev–Trinajstić information content (AvgIpc) is 2.93. The van der Waals surface area contributed by atoms with Gasteiger partial charge in [-0.05, 0) is 43.5 Å². The number of hydrogen-bond acceptors (Lipinski definition) is 3. The number of nitrogens with two attached hydrogens (primary N) is 1. The topological polar surface area (TPSA) is 75.4 Å². The van der Waals surface area contributed by atoms with Crippen molar-refractivity contribution in [1.82, 2.24) is 10.2 Å². The summed E-state index contributed by atoms with van der Waals surface area (Å²) >= 11 is 0. The lowest BCUT2D eigenvalue weighted by molar-refractivity contribution is 0.0827. The molecule has 2 atom stereocenters. The molecule has 1 aliphatic rings. The monoisotopic (exact) mass is 289 g/mol. The molecule has 0 bridgehead atoms. The molecule has 0 aliphatic heterocycles. The van der Waals surface area contributed by atoms with Gasteiger partial charge in [0.15, 0.2) is 0 Å². The zero-order valence-electron chi connectivity index (χ0n) is 12.6. The van der Waals surface area contributed by atoms with Gasteiger partial charge < -0.3 is 16.0 Å². The Balaban J connectivity index is 2.09. The van der Waals surface area contributed by atoms with Crippen LogP contribution in [0.15, 0.2) is 24.3 Å². The van der Waals surface area contributed by atoms with Gasteiger partial charge in [-0.3, -0.25) is 9.59 Å². The van der Waals surface area contributed by atoms with Gasteiger partial charge in [-0.15, -0.1) is 0 Å². The van der Waals surface area contributed by atoms with Gasteiger partial charge in [-0.25, -0.2) is 0 Å². The van der Waals surface area contributed by atoms with E-state index in [2.05, 4.69) is 5.32 Å². The molecular formula is C16H23N3O2. The molecule has 0 aromatic heterocycles. The maximum Gasteiger partial charge on any atom is 0.253 e. The first kappa shape index (κ1) is 15.5. The Hall–Kier alpha value is -1.88. The molecule has 2 amide bonds. The summed E-state index contributed by atoms with van der Waals surface area (Å²) in [5, 5.41) is 3.05. The minimum atomic E-state index is -0.131. The van der Waals surface area contributed by atoms with Crippen LogP contribution >= 0.6 is 0 Å². The van der Waals surface area contributed by atoms with Gasteiger partial charge in [0.2, 0.25) is 0 Å². The van der Waals surface area contributed by atoms with Crippen molar-refractivity contribution in [1.29, 1.82) is 0 Å². The third-order valence-electron chi connectivity index (χ3n) is 4.06. The minimum Gasteiger partial charge on any atom is -0.349 e. The zero-order chi connectivity index (χ0) is 15.4. The quantitative estimate of drug-likeness (QED) is 0.876. The van der Waals surface area contributed by atoms with Crippen LogP contribution in [0.4, 0.5) is 0 Å². The van der Waals surface area contributed by atoms with Gasteiger partial charge in [0, 0.05) is 31.3 Å². The molecule has 1 fully saturated rings. The van der Waals surface area contributed by atoms with E-state index in [1.807, 2.05) is 0 Å². The fraction of sp³-hybridized carbons (Fsp3) is 0.500. The number of nitrogens with zero attached hydrogens (tertiary/aromatic N) is 1. The summed E-state index contributed by atoms with van der Waals surface area (Å²) in [6, 6.07) is 6.98. The van der Waals surface area contributed by atoms with E-state index in [-0.39, 0.29) is 17.9 Å². The van der Waals surface area contributed by atoms with Gasteiger partial charge >= 0.3 is 0 Å². The van der Waals surface area contributed by atoms with E-state index in [0.29, 0.717) is 23.6 Å². The van der Waals surface area contributed by atoms with E-state index in [0.717, 1.165) is 19.3 Å². The lowest BCUT2D eigenvalue weighted by atomic mass is 10.0. The highest BCUT2D eigenvalue weighted by Crippen LogP contribution is 2.24. The molecule has 0 heterocycles. The van der Waals surface area contributed by atoms with Crippen LogP contribution in [0.25, 0.3) is 0 Å². The molecule has 3 N–H and O–H groups in total. The maximum absolute atomic E-state index is 12.3. The highest BCUT2D eigenvalue weighted by Gasteiger charge is 2.27. The fourth-order valence-electron chi connectivity index (χ4n) is 2.81. The van der Waals surface area contributed by atoms with E-state index in [4.69, 9.17) is 5.73 Å². The summed E-state index contributed by atoms with van der Waals surface area (Å²) in [6.07, 6.45) is 3.15. The first-order valence-corrected chi connectivity index (χ1v) is 7.35. The first-order chi connectivity index (χ1) is 10.0. The average molecular weight is 289 g/mol. The summed E-state index contributed by atoms with van der Waals surface area (Å²) < 4.78 is 0. The molecule has 1 aromatic rings. The molecule has 2 rings (SSSR count). The predicted octanol–water partition coefficient (Wildman–Crippen LogP) is 1.25. The predicted molar refractivity (Wildman–Crippen MR) is 82.1 cm³/mol. The summed E-state index contributed by atoms with van der Waals surface area (Å²) in [6.45, 7) is 0.601. The number of nitrogens with one attached hydrogen (secondary N) is 1. The number of carbonyl (C=O) groups is 2. The Morgan fingerprint density at radius 1 is 1.29 bits per heavy atom. The van der Waals surface area contributed by atoms with Crippen molar-refractivity contribution in [3.05, 3.63) is 35.4 Å². The standard InChI is InChI=1S/C16H23N3O2/c1-19(2)16(21)12-6-3-5-11(9-12)15(20)18-14-8-4-7-13(14)10-17/h3,5-6,9,13-14H,4,7-8,10,17H2,1-2H3,(H,18,20). The fourth-order valence-corrected chi connectivity index (χ4v) is 2.81. The SMILES string of the molecule is CN(C)C(=O)c1cccc(C(=O)NC2CCCC2CN)c1. The molecule has 0 saturated heterocycles. The second-order valence-electron chi connectivity index (χ2n) is 5.79. The summed E-state index contributed by atoms with van der Waals surface area (Å²) in [5.41, 5.74) is 6.78. The van der Waals surface area contributed by atoms with Crippen LogP contribution in [0.1, 0.15) is 40.0 Å². The highest BCUT2D eigenvalue weighted by atomic mass is 16.2. The summed E-state index contributed by atoms with van der Waals surface area (Å²) in [5.74, 6) is 0.125. The maximum atomic E-state index is 12.3. The first-order valence-electron chi connectivity index (χ1n) is 7.35. The molecule has 0 spiro atoms. The Morgan fingerprint density at radius 3 is 2.67 bits per heavy atom. The summed E-state index contributed by atoms with van der Waals surface area (Å²) in [4.78, 5) is 25.8. The molecule has 5 heteroatoms. The second-order valence-corrected chi connectivity index (χ2v) is 5.79. The van der Waals surface area contributed by atoms with Crippen molar-refractivity contribution in [3.8, 4) is 0 Å². The van der Waals surface area contributed by atoms with Crippen molar-refractivity contribution in [2.24, 2.45) is 11.7 Å². The third kappa shape index (κ3) is 3.61. The van der Waals surface area contributed by atoms with Crippen LogP contribution in [0.2, 0.25) is 0 Å². The van der Waals surface area contributed by atoms with Crippen LogP contribution in [-0.4, -0.2) is 43.4 Å². The van der Waals surface area contributed by atoms with E-state index in [1.165, 1.54) is 4.90 Å². The van der Waals surface area contributed by atoms with Crippen LogP contribution in [0.3, 0.4) is 0 Å². The lowest BCUT2D eigenvalue weighted by Crippen LogP contribution is -2.39. The van der Waals surface area contributed by atoms with Gasteiger partial charge in [-0.2, -0.15) is 0 Å². The number of rotatable bonds is 4. The molecule has 1 aromatic carbocycles. The number of benzene rings is 1. The Kier molecular flexibility index (Phi) is 4.96. The van der Waals surface area contributed by atoms with Crippen LogP contribution < -0.4 is 11.1 Å². The highest BCUT2D eigenvalue weighted by molar-refractivity contribution is 5.99. The smallest absolute Gasteiger partial charge is 0.253 e. The molecule has 0 radical (unpaired) electrons. The Bertz CT molecular complexity index is 528. The molecule has 5 nitrogen and oxygen atoms in total. The van der Waals surface area contributed by atoms with Crippen LogP contribution in [0.5, 0.6) is 0 Å². The minimum absolute atomic E-state index is 0.106. The van der Waals surface area contributed by atoms with Crippen LogP contribution in [-0.2, 0) is 0 Å². The zero-order valence-corrected chi connectivity index (χ0v) is 12.6. The van der Waals surface area contributed by atoms with Crippen molar-refractivity contribution >= 4 is 11.8 Å². The van der Waals surface area contributed by atoms with Crippen LogP contribution in [0, 0.1) is 5.92 Å².